The summed E-state index contributed by atoms with van der Waals surface area (Å²) >= 11 is 5.85. The van der Waals surface area contributed by atoms with Crippen LogP contribution >= 0.6 is 11.6 Å². The van der Waals surface area contributed by atoms with Crippen molar-refractivity contribution in [1.82, 2.24) is 5.32 Å². The van der Waals surface area contributed by atoms with Crippen molar-refractivity contribution < 1.29 is 22.7 Å². The third kappa shape index (κ3) is 6.99. The van der Waals surface area contributed by atoms with Crippen molar-refractivity contribution in [2.75, 3.05) is 11.9 Å². The molecule has 0 aliphatic heterocycles. The van der Waals surface area contributed by atoms with Crippen LogP contribution in [-0.2, 0) is 10.9 Å². The van der Waals surface area contributed by atoms with Crippen molar-refractivity contribution in [3.05, 3.63) is 28.8 Å². The largest absolute Gasteiger partial charge is 0.444 e. The van der Waals surface area contributed by atoms with Gasteiger partial charge in [0.2, 0.25) is 0 Å². The van der Waals surface area contributed by atoms with Gasteiger partial charge in [0, 0.05) is 12.6 Å². The zero-order valence-corrected chi connectivity index (χ0v) is 14.1. The Morgan fingerprint density at radius 3 is 2.39 bits per heavy atom. The predicted molar refractivity (Wildman–Crippen MR) is 83.8 cm³/mol. The lowest BCUT2D eigenvalue weighted by Gasteiger charge is -2.22. The number of alkyl halides is 3. The Kier molecular flexibility index (Phi) is 6.16. The quantitative estimate of drug-likeness (QED) is 0.827. The highest BCUT2D eigenvalue weighted by Crippen LogP contribution is 2.33. The standard InChI is InChI=1S/C15H20ClF3N2O2/c1-9(8-20-13(22)23-14(2,3)4)21-12-6-5-10(7-11(12)16)15(17,18)19/h5-7,9,21H,8H2,1-4H3,(H,20,22). The van der Waals surface area contributed by atoms with E-state index in [4.69, 9.17) is 16.3 Å². The number of alkyl carbamates (subject to hydrolysis) is 1. The normalized spacial score (nSPS) is 13.4. The van der Waals surface area contributed by atoms with Crippen molar-refractivity contribution >= 4 is 23.4 Å². The second-order valence-electron chi connectivity index (χ2n) is 6.12. The molecule has 0 aliphatic rings. The van der Waals surface area contributed by atoms with E-state index >= 15 is 0 Å². The Bertz CT molecular complexity index is 557. The average Bonchev–Trinajstić information content (AvgIpc) is 2.35. The number of amides is 1. The Morgan fingerprint density at radius 2 is 1.91 bits per heavy atom. The zero-order valence-electron chi connectivity index (χ0n) is 13.3. The molecule has 0 saturated heterocycles. The third-order valence-corrected chi connectivity index (χ3v) is 2.96. The molecule has 0 radical (unpaired) electrons. The summed E-state index contributed by atoms with van der Waals surface area (Å²) in [6, 6.07) is 2.81. The van der Waals surface area contributed by atoms with Crippen LogP contribution in [0.2, 0.25) is 5.02 Å². The molecule has 1 rings (SSSR count). The molecule has 1 aromatic carbocycles. The minimum atomic E-state index is -4.44. The first-order valence-corrected chi connectivity index (χ1v) is 7.36. The van der Waals surface area contributed by atoms with Crippen LogP contribution in [0, 0.1) is 0 Å². The van der Waals surface area contributed by atoms with E-state index < -0.39 is 23.4 Å². The molecule has 0 bridgehead atoms. The Balaban J connectivity index is 2.58. The molecule has 0 aliphatic carbocycles. The Hall–Kier alpha value is -1.63. The highest BCUT2D eigenvalue weighted by atomic mass is 35.5. The maximum absolute atomic E-state index is 12.6. The number of benzene rings is 1. The summed E-state index contributed by atoms with van der Waals surface area (Å²) in [4.78, 5) is 11.5. The fourth-order valence-corrected chi connectivity index (χ4v) is 1.91. The third-order valence-electron chi connectivity index (χ3n) is 2.65. The zero-order chi connectivity index (χ0) is 17.8. The van der Waals surface area contributed by atoms with E-state index in [1.165, 1.54) is 6.07 Å². The molecule has 0 heterocycles. The van der Waals surface area contributed by atoms with Gasteiger partial charge in [-0.3, -0.25) is 0 Å². The van der Waals surface area contributed by atoms with E-state index in [0.29, 0.717) is 5.69 Å². The van der Waals surface area contributed by atoms with E-state index in [9.17, 15) is 18.0 Å². The number of anilines is 1. The van der Waals surface area contributed by atoms with Crippen molar-refractivity contribution in [2.45, 2.75) is 45.5 Å². The molecule has 0 fully saturated rings. The minimum absolute atomic E-state index is 0.0380. The predicted octanol–water partition coefficient (Wildman–Crippen LogP) is 4.68. The lowest BCUT2D eigenvalue weighted by atomic mass is 10.2. The van der Waals surface area contributed by atoms with Gasteiger partial charge in [-0.2, -0.15) is 13.2 Å². The van der Waals surface area contributed by atoms with Gasteiger partial charge in [-0.1, -0.05) is 11.6 Å². The second kappa shape index (κ2) is 7.29. The van der Waals surface area contributed by atoms with E-state index in [1.54, 1.807) is 27.7 Å². The van der Waals surface area contributed by atoms with E-state index in [0.717, 1.165) is 12.1 Å². The summed E-state index contributed by atoms with van der Waals surface area (Å²) in [5.41, 5.74) is -1.05. The highest BCUT2D eigenvalue weighted by Gasteiger charge is 2.31. The first-order valence-electron chi connectivity index (χ1n) is 6.98. The number of hydrogen-bond donors (Lipinski definition) is 2. The van der Waals surface area contributed by atoms with Crippen LogP contribution in [0.5, 0.6) is 0 Å². The second-order valence-corrected chi connectivity index (χ2v) is 6.53. The number of hydrogen-bond acceptors (Lipinski definition) is 3. The summed E-state index contributed by atoms with van der Waals surface area (Å²) in [7, 11) is 0. The van der Waals surface area contributed by atoms with Gasteiger partial charge in [0.1, 0.15) is 5.60 Å². The SMILES string of the molecule is CC(CNC(=O)OC(C)(C)C)Nc1ccc(C(F)(F)F)cc1Cl. The van der Waals surface area contributed by atoms with Crippen LogP contribution < -0.4 is 10.6 Å². The average molecular weight is 353 g/mol. The van der Waals surface area contributed by atoms with E-state index in [-0.39, 0.29) is 17.6 Å². The van der Waals surface area contributed by atoms with Crippen LogP contribution in [0.25, 0.3) is 0 Å². The van der Waals surface area contributed by atoms with Crippen molar-refractivity contribution in [1.29, 1.82) is 0 Å². The number of carbonyl (C=O) groups excluding carboxylic acids is 1. The molecule has 130 valence electrons. The van der Waals surface area contributed by atoms with Gasteiger partial charge in [0.15, 0.2) is 0 Å². The van der Waals surface area contributed by atoms with Crippen LogP contribution in [-0.4, -0.2) is 24.3 Å². The van der Waals surface area contributed by atoms with Gasteiger partial charge >= 0.3 is 12.3 Å². The monoisotopic (exact) mass is 352 g/mol. The molecule has 1 amide bonds. The molecular formula is C15H20ClF3N2O2. The first-order chi connectivity index (χ1) is 10.4. The topological polar surface area (TPSA) is 50.4 Å². The fraction of sp³-hybridized carbons (Fsp3) is 0.533. The van der Waals surface area contributed by atoms with Crippen LogP contribution in [0.4, 0.5) is 23.7 Å². The molecule has 0 aromatic heterocycles. The van der Waals surface area contributed by atoms with E-state index in [1.807, 2.05) is 0 Å². The molecule has 0 spiro atoms. The molecule has 23 heavy (non-hydrogen) atoms. The summed E-state index contributed by atoms with van der Waals surface area (Å²) in [5, 5.41) is 5.47. The molecule has 8 heteroatoms. The van der Waals surface area contributed by atoms with Gasteiger partial charge in [-0.25, -0.2) is 4.79 Å². The summed E-state index contributed by atoms with van der Waals surface area (Å²) in [6.07, 6.45) is -5.00. The molecule has 4 nitrogen and oxygen atoms in total. The number of halogens is 4. The van der Waals surface area contributed by atoms with Gasteiger partial charge in [-0.05, 0) is 45.9 Å². The number of nitrogens with one attached hydrogen (secondary N) is 2. The lowest BCUT2D eigenvalue weighted by Crippen LogP contribution is -2.38. The molecular weight excluding hydrogens is 333 g/mol. The van der Waals surface area contributed by atoms with Crippen molar-refractivity contribution in [3.63, 3.8) is 0 Å². The number of ether oxygens (including phenoxy) is 1. The Morgan fingerprint density at radius 1 is 1.30 bits per heavy atom. The Labute approximate surface area is 138 Å². The fourth-order valence-electron chi connectivity index (χ4n) is 1.68. The smallest absolute Gasteiger partial charge is 0.416 e. The molecule has 1 atom stereocenters. The van der Waals surface area contributed by atoms with Gasteiger partial charge in [-0.15, -0.1) is 0 Å². The van der Waals surface area contributed by atoms with Crippen molar-refractivity contribution in [2.24, 2.45) is 0 Å². The van der Waals surface area contributed by atoms with Crippen LogP contribution in [0.1, 0.15) is 33.3 Å². The molecule has 0 saturated carbocycles. The van der Waals surface area contributed by atoms with Crippen molar-refractivity contribution in [3.8, 4) is 0 Å². The maximum Gasteiger partial charge on any atom is 0.416 e. The van der Waals surface area contributed by atoms with E-state index in [2.05, 4.69) is 10.6 Å². The van der Waals surface area contributed by atoms with Gasteiger partial charge in [0.25, 0.3) is 0 Å². The summed E-state index contributed by atoms with van der Waals surface area (Å²) < 4.78 is 42.8. The summed E-state index contributed by atoms with van der Waals surface area (Å²) in [5.74, 6) is 0. The highest BCUT2D eigenvalue weighted by molar-refractivity contribution is 6.33. The van der Waals surface area contributed by atoms with Crippen LogP contribution in [0.3, 0.4) is 0 Å². The maximum atomic E-state index is 12.6. The number of carbonyl (C=O) groups is 1. The summed E-state index contributed by atoms with van der Waals surface area (Å²) in [6.45, 7) is 7.22. The first kappa shape index (κ1) is 19.4. The van der Waals surface area contributed by atoms with Gasteiger partial charge in [0.05, 0.1) is 16.3 Å². The minimum Gasteiger partial charge on any atom is -0.444 e. The molecule has 1 aromatic rings. The van der Waals surface area contributed by atoms with Gasteiger partial charge < -0.3 is 15.4 Å². The molecule has 2 N–H and O–H groups in total. The number of rotatable bonds is 4. The molecule has 1 unspecified atom stereocenters. The lowest BCUT2D eigenvalue weighted by molar-refractivity contribution is -0.137. The van der Waals surface area contributed by atoms with Crippen LogP contribution in [0.15, 0.2) is 18.2 Å².